The third-order valence-electron chi connectivity index (χ3n) is 3.24. The predicted octanol–water partition coefficient (Wildman–Crippen LogP) is 2.49. The van der Waals surface area contributed by atoms with E-state index in [-0.39, 0.29) is 5.97 Å². The summed E-state index contributed by atoms with van der Waals surface area (Å²) in [5.41, 5.74) is 0. The molecule has 3 N–H and O–H groups in total. The van der Waals surface area contributed by atoms with Gasteiger partial charge >= 0.3 is 17.9 Å². The standard InChI is InChI=1S/C12H24O2.C4H6O7S/c1-3-5-7-9-11-14-12(13)10-8-6-4-2;5-3(6)1-2(4(7)8)12(9,10)11/h3-11H2,1-2H3;2H,1H2,(H,5,6)(H,7,8)(H,9,10,11). The van der Waals surface area contributed by atoms with E-state index in [0.29, 0.717) is 13.0 Å². The van der Waals surface area contributed by atoms with E-state index >= 15 is 0 Å². The molecule has 0 spiro atoms. The third kappa shape index (κ3) is 17.2. The van der Waals surface area contributed by atoms with Gasteiger partial charge in [0.15, 0.2) is 5.25 Å². The first kappa shape index (κ1) is 26.5. The summed E-state index contributed by atoms with van der Waals surface area (Å²) in [6.07, 6.45) is 7.37. The van der Waals surface area contributed by atoms with Gasteiger partial charge in [0, 0.05) is 6.42 Å². The number of unbranched alkanes of at least 4 members (excludes halogenated alkanes) is 5. The molecule has 26 heavy (non-hydrogen) atoms. The number of aliphatic carboxylic acids is 2. The highest BCUT2D eigenvalue weighted by Gasteiger charge is 2.33. The summed E-state index contributed by atoms with van der Waals surface area (Å²) in [4.78, 5) is 31.1. The largest absolute Gasteiger partial charge is 0.481 e. The topological polar surface area (TPSA) is 155 Å². The molecule has 0 amide bonds. The lowest BCUT2D eigenvalue weighted by atomic mass is 10.2. The van der Waals surface area contributed by atoms with E-state index in [0.717, 1.165) is 25.7 Å². The molecule has 0 bridgehead atoms. The molecule has 0 aliphatic carbocycles. The second-order valence-corrected chi connectivity index (χ2v) is 7.28. The lowest BCUT2D eigenvalue weighted by Crippen LogP contribution is -2.31. The second-order valence-electron chi connectivity index (χ2n) is 5.68. The number of ether oxygens (including phenoxy) is 1. The Morgan fingerprint density at radius 1 is 0.923 bits per heavy atom. The van der Waals surface area contributed by atoms with Crippen molar-refractivity contribution >= 4 is 28.0 Å². The van der Waals surface area contributed by atoms with Crippen LogP contribution in [0, 0.1) is 0 Å². The molecule has 10 heteroatoms. The van der Waals surface area contributed by atoms with E-state index in [1.807, 2.05) is 0 Å². The van der Waals surface area contributed by atoms with Crippen molar-refractivity contribution in [3.63, 3.8) is 0 Å². The summed E-state index contributed by atoms with van der Waals surface area (Å²) in [5.74, 6) is -3.52. The van der Waals surface area contributed by atoms with Crippen LogP contribution in [0.5, 0.6) is 0 Å². The quantitative estimate of drug-likeness (QED) is 0.241. The first-order valence-electron chi connectivity index (χ1n) is 8.62. The van der Waals surface area contributed by atoms with Gasteiger partial charge in [-0.1, -0.05) is 46.0 Å². The summed E-state index contributed by atoms with van der Waals surface area (Å²) in [6.45, 7) is 4.93. The van der Waals surface area contributed by atoms with Crippen LogP contribution in [0.25, 0.3) is 0 Å². The third-order valence-corrected chi connectivity index (χ3v) is 4.33. The summed E-state index contributed by atoms with van der Waals surface area (Å²) in [6, 6.07) is 0. The normalized spacial score (nSPS) is 11.8. The van der Waals surface area contributed by atoms with Gasteiger partial charge in [0.1, 0.15) is 0 Å². The molecule has 0 aromatic carbocycles. The van der Waals surface area contributed by atoms with Gasteiger partial charge in [0.2, 0.25) is 0 Å². The highest BCUT2D eigenvalue weighted by atomic mass is 32.2. The molecule has 0 saturated heterocycles. The Morgan fingerprint density at radius 2 is 1.46 bits per heavy atom. The molecule has 1 atom stereocenters. The maximum atomic E-state index is 11.1. The molecule has 154 valence electrons. The summed E-state index contributed by atoms with van der Waals surface area (Å²) in [7, 11) is -4.84. The van der Waals surface area contributed by atoms with Crippen molar-refractivity contribution in [2.75, 3.05) is 6.61 Å². The zero-order chi connectivity index (χ0) is 20.6. The van der Waals surface area contributed by atoms with Crippen LogP contribution in [0.1, 0.15) is 71.6 Å². The number of carbonyl (C=O) groups excluding carboxylic acids is 1. The fourth-order valence-corrected chi connectivity index (χ4v) is 2.39. The van der Waals surface area contributed by atoms with Crippen LogP contribution >= 0.6 is 0 Å². The second kappa shape index (κ2) is 15.6. The molecule has 1 unspecified atom stereocenters. The van der Waals surface area contributed by atoms with E-state index < -0.39 is 33.7 Å². The number of hydrogen-bond donors (Lipinski definition) is 3. The minimum Gasteiger partial charge on any atom is -0.481 e. The fourth-order valence-electron chi connectivity index (χ4n) is 1.78. The Labute approximate surface area is 154 Å². The van der Waals surface area contributed by atoms with Crippen LogP contribution < -0.4 is 0 Å². The van der Waals surface area contributed by atoms with Crippen molar-refractivity contribution < 1.29 is 42.3 Å². The number of carboxylic acid groups (broad SMARTS) is 2. The Morgan fingerprint density at radius 3 is 1.85 bits per heavy atom. The smallest absolute Gasteiger partial charge is 0.325 e. The highest BCUT2D eigenvalue weighted by molar-refractivity contribution is 7.87. The van der Waals surface area contributed by atoms with Crippen LogP contribution in [0.3, 0.4) is 0 Å². The number of rotatable bonds is 13. The van der Waals surface area contributed by atoms with Crippen LogP contribution in [-0.4, -0.2) is 52.9 Å². The van der Waals surface area contributed by atoms with Gasteiger partial charge in [-0.05, 0) is 12.8 Å². The van der Waals surface area contributed by atoms with Crippen molar-refractivity contribution in [1.29, 1.82) is 0 Å². The molecule has 0 heterocycles. The Balaban J connectivity index is 0. The lowest BCUT2D eigenvalue weighted by Gasteiger charge is -2.04. The number of esters is 1. The maximum Gasteiger partial charge on any atom is 0.325 e. The van der Waals surface area contributed by atoms with E-state index in [2.05, 4.69) is 13.8 Å². The van der Waals surface area contributed by atoms with Crippen LogP contribution in [0.4, 0.5) is 0 Å². The first-order chi connectivity index (χ1) is 12.1. The molecule has 0 aliphatic heterocycles. The summed E-state index contributed by atoms with van der Waals surface area (Å²) >= 11 is 0. The van der Waals surface area contributed by atoms with Crippen LogP contribution in [-0.2, 0) is 29.2 Å². The molecule has 0 saturated carbocycles. The molecule has 0 aromatic heterocycles. The van der Waals surface area contributed by atoms with Gasteiger partial charge in [0.25, 0.3) is 10.1 Å². The Hall–Kier alpha value is -1.68. The number of hydrogen-bond acceptors (Lipinski definition) is 6. The van der Waals surface area contributed by atoms with Gasteiger partial charge in [-0.15, -0.1) is 0 Å². The summed E-state index contributed by atoms with van der Waals surface area (Å²) < 4.78 is 33.8. The van der Waals surface area contributed by atoms with Crippen molar-refractivity contribution in [3.05, 3.63) is 0 Å². The van der Waals surface area contributed by atoms with Gasteiger partial charge in [-0.2, -0.15) is 8.42 Å². The monoisotopic (exact) mass is 398 g/mol. The predicted molar refractivity (Wildman–Crippen MR) is 94.5 cm³/mol. The van der Waals surface area contributed by atoms with E-state index in [9.17, 15) is 22.8 Å². The minimum atomic E-state index is -4.84. The zero-order valence-corrected chi connectivity index (χ0v) is 16.2. The van der Waals surface area contributed by atoms with Crippen molar-refractivity contribution in [2.24, 2.45) is 0 Å². The van der Waals surface area contributed by atoms with Gasteiger partial charge in [-0.25, -0.2) is 0 Å². The molecule has 0 aliphatic rings. The molecule has 0 radical (unpaired) electrons. The SMILES string of the molecule is CCCCCCOC(=O)CCCCC.O=C(O)CC(C(=O)O)S(=O)(=O)O. The van der Waals surface area contributed by atoms with Crippen LogP contribution in [0.2, 0.25) is 0 Å². The lowest BCUT2D eigenvalue weighted by molar-refractivity contribution is -0.144. The van der Waals surface area contributed by atoms with Gasteiger partial charge < -0.3 is 14.9 Å². The van der Waals surface area contributed by atoms with Crippen molar-refractivity contribution in [2.45, 2.75) is 76.9 Å². The molecule has 0 aromatic rings. The fraction of sp³-hybridized carbons (Fsp3) is 0.812. The average molecular weight is 398 g/mol. The summed E-state index contributed by atoms with van der Waals surface area (Å²) in [5, 5.41) is 13.9. The first-order valence-corrected chi connectivity index (χ1v) is 10.1. The highest BCUT2D eigenvalue weighted by Crippen LogP contribution is 2.04. The molecule has 9 nitrogen and oxygen atoms in total. The van der Waals surface area contributed by atoms with E-state index in [1.54, 1.807) is 0 Å². The van der Waals surface area contributed by atoms with E-state index in [1.165, 1.54) is 19.3 Å². The van der Waals surface area contributed by atoms with Gasteiger partial charge in [0.05, 0.1) is 13.0 Å². The Bertz CT molecular complexity index is 514. The number of carboxylic acids is 2. The molecular formula is C16H30O9S. The van der Waals surface area contributed by atoms with Crippen molar-refractivity contribution in [1.82, 2.24) is 0 Å². The molecule has 0 rings (SSSR count). The molecule has 0 fully saturated rings. The van der Waals surface area contributed by atoms with Crippen molar-refractivity contribution in [3.8, 4) is 0 Å². The average Bonchev–Trinajstić information content (AvgIpc) is 2.52. The number of carbonyl (C=O) groups is 3. The maximum absolute atomic E-state index is 11.1. The minimum absolute atomic E-state index is 0.0186. The van der Waals surface area contributed by atoms with Crippen LogP contribution in [0.15, 0.2) is 0 Å². The Kier molecular flexibility index (Phi) is 15.9. The van der Waals surface area contributed by atoms with Gasteiger partial charge in [-0.3, -0.25) is 18.9 Å². The molecular weight excluding hydrogens is 368 g/mol. The zero-order valence-electron chi connectivity index (χ0n) is 15.3. The van der Waals surface area contributed by atoms with E-state index in [4.69, 9.17) is 19.5 Å².